The first-order valence-electron chi connectivity index (χ1n) is 7.03. The monoisotopic (exact) mass is 295 g/mol. The molecule has 0 amide bonds. The van der Waals surface area contributed by atoms with Crippen LogP contribution in [0, 0.1) is 16.0 Å². The van der Waals surface area contributed by atoms with Gasteiger partial charge in [-0.1, -0.05) is 17.7 Å². The fourth-order valence-electron chi connectivity index (χ4n) is 3.44. The van der Waals surface area contributed by atoms with E-state index in [1.54, 1.807) is 12.1 Å². The molecule has 0 aromatic heterocycles. The maximum absolute atomic E-state index is 11.2. The Morgan fingerprint density at radius 2 is 2.30 bits per heavy atom. The van der Waals surface area contributed by atoms with E-state index in [1.807, 2.05) is 0 Å². The van der Waals surface area contributed by atoms with Crippen molar-refractivity contribution in [3.8, 4) is 0 Å². The van der Waals surface area contributed by atoms with Crippen LogP contribution in [0.15, 0.2) is 18.2 Å². The fraction of sp³-hybridized carbons (Fsp3) is 0.571. The van der Waals surface area contributed by atoms with Gasteiger partial charge in [-0.05, 0) is 37.9 Å². The number of halogens is 1. The van der Waals surface area contributed by atoms with Crippen molar-refractivity contribution in [3.63, 3.8) is 0 Å². The summed E-state index contributed by atoms with van der Waals surface area (Å²) in [5.41, 5.74) is 0.775. The number of nitrogens with zero attached hydrogens (tertiary/aromatic N) is 2. The molecule has 2 saturated heterocycles. The van der Waals surface area contributed by atoms with Crippen molar-refractivity contribution in [1.29, 1.82) is 0 Å². The first-order chi connectivity index (χ1) is 9.66. The Kier molecular flexibility index (Phi) is 3.92. The first-order valence-corrected chi connectivity index (χ1v) is 7.41. The van der Waals surface area contributed by atoms with Gasteiger partial charge < -0.3 is 5.32 Å². The number of hydrogen-bond donors (Lipinski definition) is 1. The van der Waals surface area contributed by atoms with Crippen LogP contribution in [0.2, 0.25) is 5.02 Å². The molecule has 0 bridgehead atoms. The highest BCUT2D eigenvalue weighted by Gasteiger charge is 2.35. The zero-order chi connectivity index (χ0) is 14.1. The summed E-state index contributed by atoms with van der Waals surface area (Å²) in [4.78, 5) is 13.2. The number of nitro groups is 1. The van der Waals surface area contributed by atoms with E-state index in [4.69, 9.17) is 11.6 Å². The molecule has 2 fully saturated rings. The Labute approximate surface area is 123 Å². The molecule has 6 heteroatoms. The predicted octanol–water partition coefficient (Wildman–Crippen LogP) is 2.43. The molecule has 2 unspecified atom stereocenters. The largest absolute Gasteiger partial charge is 0.315 e. The standard InChI is InChI=1S/C14H18ClN3O2/c15-12-4-1-5-13(18(19)20)11(12)9-17-6-2-3-10-7-16-8-14(10)17/h1,4-5,10,14,16H,2-3,6-9H2. The third-order valence-electron chi connectivity index (χ3n) is 4.45. The lowest BCUT2D eigenvalue weighted by molar-refractivity contribution is -0.385. The van der Waals surface area contributed by atoms with Crippen molar-refractivity contribution in [3.05, 3.63) is 38.9 Å². The Hall–Kier alpha value is -1.17. The number of likely N-dealkylation sites (tertiary alicyclic amines) is 1. The average molecular weight is 296 g/mol. The van der Waals surface area contributed by atoms with Gasteiger partial charge in [0.05, 0.1) is 15.5 Å². The second-order valence-electron chi connectivity index (χ2n) is 5.59. The summed E-state index contributed by atoms with van der Waals surface area (Å²) in [5.74, 6) is 0.672. The van der Waals surface area contributed by atoms with Crippen molar-refractivity contribution in [2.75, 3.05) is 19.6 Å². The third kappa shape index (κ3) is 2.53. The highest BCUT2D eigenvalue weighted by Crippen LogP contribution is 2.32. The first kappa shape index (κ1) is 13.8. The molecule has 0 aliphatic carbocycles. The number of hydrogen-bond acceptors (Lipinski definition) is 4. The Bertz CT molecular complexity index is 523. The number of nitro benzene ring substituents is 1. The van der Waals surface area contributed by atoms with E-state index < -0.39 is 0 Å². The smallest absolute Gasteiger partial charge is 0.275 e. The minimum absolute atomic E-state index is 0.130. The number of piperidine rings is 1. The number of rotatable bonds is 3. The molecule has 2 aliphatic heterocycles. The van der Waals surface area contributed by atoms with Gasteiger partial charge >= 0.3 is 0 Å². The van der Waals surface area contributed by atoms with Crippen LogP contribution in [0.4, 0.5) is 5.69 Å². The molecule has 2 atom stereocenters. The Morgan fingerprint density at radius 3 is 3.10 bits per heavy atom. The van der Waals surface area contributed by atoms with E-state index in [-0.39, 0.29) is 10.6 Å². The van der Waals surface area contributed by atoms with Gasteiger partial charge in [0.25, 0.3) is 5.69 Å². The molecule has 2 aliphatic rings. The van der Waals surface area contributed by atoms with Crippen molar-refractivity contribution >= 4 is 17.3 Å². The topological polar surface area (TPSA) is 58.4 Å². The van der Waals surface area contributed by atoms with Crippen LogP contribution in [-0.2, 0) is 6.54 Å². The van der Waals surface area contributed by atoms with E-state index in [9.17, 15) is 10.1 Å². The number of fused-ring (bicyclic) bond motifs is 1. The molecule has 2 heterocycles. The highest BCUT2D eigenvalue weighted by atomic mass is 35.5. The van der Waals surface area contributed by atoms with E-state index in [0.29, 0.717) is 29.1 Å². The van der Waals surface area contributed by atoms with E-state index in [0.717, 1.165) is 26.1 Å². The molecule has 1 aromatic carbocycles. The van der Waals surface area contributed by atoms with E-state index in [1.165, 1.54) is 12.5 Å². The summed E-state index contributed by atoms with van der Waals surface area (Å²) in [6, 6.07) is 5.40. The molecule has 0 saturated carbocycles. The van der Waals surface area contributed by atoms with Gasteiger partial charge in [-0.15, -0.1) is 0 Å². The van der Waals surface area contributed by atoms with Gasteiger partial charge in [0.1, 0.15) is 0 Å². The maximum Gasteiger partial charge on any atom is 0.275 e. The molecule has 0 spiro atoms. The zero-order valence-corrected chi connectivity index (χ0v) is 12.0. The number of nitrogens with one attached hydrogen (secondary N) is 1. The third-order valence-corrected chi connectivity index (χ3v) is 4.80. The van der Waals surface area contributed by atoms with Gasteiger partial charge in [0, 0.05) is 25.2 Å². The van der Waals surface area contributed by atoms with Crippen molar-refractivity contribution < 1.29 is 4.92 Å². The van der Waals surface area contributed by atoms with Crippen LogP contribution in [0.3, 0.4) is 0 Å². The number of benzene rings is 1. The SMILES string of the molecule is O=[N+]([O-])c1cccc(Cl)c1CN1CCCC2CNCC21. The molecule has 3 rings (SSSR count). The fourth-order valence-corrected chi connectivity index (χ4v) is 3.67. The molecule has 5 nitrogen and oxygen atoms in total. The molecule has 108 valence electrons. The van der Waals surface area contributed by atoms with Crippen molar-refractivity contribution in [2.45, 2.75) is 25.4 Å². The lowest BCUT2D eigenvalue weighted by Crippen LogP contribution is -2.44. The maximum atomic E-state index is 11.2. The van der Waals surface area contributed by atoms with Crippen LogP contribution < -0.4 is 5.32 Å². The van der Waals surface area contributed by atoms with Crippen molar-refractivity contribution in [1.82, 2.24) is 10.2 Å². The van der Waals surface area contributed by atoms with Crippen LogP contribution in [0.25, 0.3) is 0 Å². The van der Waals surface area contributed by atoms with Gasteiger partial charge in [-0.25, -0.2) is 0 Å². The van der Waals surface area contributed by atoms with Gasteiger partial charge in [0.15, 0.2) is 0 Å². The highest BCUT2D eigenvalue weighted by molar-refractivity contribution is 6.31. The molecule has 20 heavy (non-hydrogen) atoms. The van der Waals surface area contributed by atoms with Crippen LogP contribution in [0.1, 0.15) is 18.4 Å². The van der Waals surface area contributed by atoms with Crippen LogP contribution in [0.5, 0.6) is 0 Å². The molecule has 0 radical (unpaired) electrons. The summed E-state index contributed by atoms with van der Waals surface area (Å²) in [6.45, 7) is 3.60. The van der Waals surface area contributed by atoms with Crippen molar-refractivity contribution in [2.24, 2.45) is 5.92 Å². The van der Waals surface area contributed by atoms with E-state index >= 15 is 0 Å². The van der Waals surface area contributed by atoms with E-state index in [2.05, 4.69) is 10.2 Å². The predicted molar refractivity (Wildman–Crippen MR) is 77.9 cm³/mol. The lowest BCUT2D eigenvalue weighted by Gasteiger charge is -2.37. The molecular weight excluding hydrogens is 278 g/mol. The minimum atomic E-state index is -0.338. The molecule has 1 aromatic rings. The molecule has 1 N–H and O–H groups in total. The molecular formula is C14H18ClN3O2. The zero-order valence-electron chi connectivity index (χ0n) is 11.2. The summed E-state index contributed by atoms with van der Waals surface area (Å²) in [5, 5.41) is 15.1. The summed E-state index contributed by atoms with van der Waals surface area (Å²) >= 11 is 6.19. The van der Waals surface area contributed by atoms with Crippen LogP contribution >= 0.6 is 11.6 Å². The summed E-state index contributed by atoms with van der Waals surface area (Å²) in [7, 11) is 0. The Balaban J connectivity index is 1.85. The Morgan fingerprint density at radius 1 is 1.45 bits per heavy atom. The normalized spacial score (nSPS) is 26.4. The van der Waals surface area contributed by atoms with Crippen LogP contribution in [-0.4, -0.2) is 35.5 Å². The summed E-state index contributed by atoms with van der Waals surface area (Å²) in [6.07, 6.45) is 2.40. The second-order valence-corrected chi connectivity index (χ2v) is 6.00. The second kappa shape index (κ2) is 5.68. The van der Waals surface area contributed by atoms with Gasteiger partial charge in [0.2, 0.25) is 0 Å². The quantitative estimate of drug-likeness (QED) is 0.687. The summed E-state index contributed by atoms with van der Waals surface area (Å²) < 4.78 is 0. The van der Waals surface area contributed by atoms with Gasteiger partial charge in [-0.3, -0.25) is 15.0 Å². The van der Waals surface area contributed by atoms with Gasteiger partial charge in [-0.2, -0.15) is 0 Å². The average Bonchev–Trinajstić information content (AvgIpc) is 2.90. The lowest BCUT2D eigenvalue weighted by atomic mass is 9.91. The minimum Gasteiger partial charge on any atom is -0.315 e.